The van der Waals surface area contributed by atoms with E-state index in [1.807, 2.05) is 13.8 Å². The molecule has 0 aromatic heterocycles. The molecule has 168 valence electrons. The van der Waals surface area contributed by atoms with Crippen LogP contribution in [0.2, 0.25) is 0 Å². The van der Waals surface area contributed by atoms with Gasteiger partial charge in [0.1, 0.15) is 11.5 Å². The lowest BCUT2D eigenvalue weighted by molar-refractivity contribution is 0.0179. The Hall–Kier alpha value is -3.23. The molecule has 0 fully saturated rings. The first kappa shape index (κ1) is 24.0. The van der Waals surface area contributed by atoms with Crippen LogP contribution in [-0.2, 0) is 9.47 Å². The molecule has 0 aliphatic heterocycles. The Morgan fingerprint density at radius 2 is 1.52 bits per heavy atom. The quantitative estimate of drug-likeness (QED) is 0.219. The Balaban J connectivity index is 2.26. The van der Waals surface area contributed by atoms with Crippen molar-refractivity contribution in [2.24, 2.45) is 0 Å². The van der Waals surface area contributed by atoms with Gasteiger partial charge in [0.15, 0.2) is 30.9 Å². The van der Waals surface area contributed by atoms with Crippen LogP contribution in [0.5, 0.6) is 28.7 Å². The molecule has 0 atom stereocenters. The molecule has 0 amide bonds. The standard InChI is InChI=1S/C23H28O8/c1-5-28-14-30-17-8-9-18(20(13-17)31-15-29-6-2)19(24)10-7-16-11-21(26-3)23(25)22(12-16)27-4/h7-13,25H,5-6,14-15H2,1-4H3. The lowest BCUT2D eigenvalue weighted by Crippen LogP contribution is -2.08. The Morgan fingerprint density at radius 3 is 2.10 bits per heavy atom. The summed E-state index contributed by atoms with van der Waals surface area (Å²) in [4.78, 5) is 12.8. The highest BCUT2D eigenvalue weighted by atomic mass is 16.7. The molecule has 0 spiro atoms. The van der Waals surface area contributed by atoms with Gasteiger partial charge in [0.25, 0.3) is 0 Å². The Labute approximate surface area is 181 Å². The van der Waals surface area contributed by atoms with E-state index < -0.39 is 0 Å². The monoisotopic (exact) mass is 432 g/mol. The van der Waals surface area contributed by atoms with Gasteiger partial charge in [-0.15, -0.1) is 0 Å². The van der Waals surface area contributed by atoms with Crippen LogP contribution in [0.25, 0.3) is 6.08 Å². The predicted octanol–water partition coefficient (Wildman–Crippen LogP) is 4.05. The fraction of sp³-hybridized carbons (Fsp3) is 0.348. The molecule has 0 heterocycles. The van der Waals surface area contributed by atoms with E-state index in [2.05, 4.69) is 0 Å². The van der Waals surface area contributed by atoms with E-state index in [-0.39, 0.29) is 36.6 Å². The number of hydrogen-bond acceptors (Lipinski definition) is 8. The van der Waals surface area contributed by atoms with Gasteiger partial charge in [0.2, 0.25) is 5.75 Å². The van der Waals surface area contributed by atoms with Crippen molar-refractivity contribution in [3.8, 4) is 28.7 Å². The maximum atomic E-state index is 12.8. The van der Waals surface area contributed by atoms with E-state index in [0.717, 1.165) is 0 Å². The van der Waals surface area contributed by atoms with Gasteiger partial charge in [-0.2, -0.15) is 0 Å². The minimum absolute atomic E-state index is 0.00175. The number of phenolic OH excluding ortho intramolecular Hbond substituents is 1. The third-order valence-electron chi connectivity index (χ3n) is 4.16. The van der Waals surface area contributed by atoms with Gasteiger partial charge < -0.3 is 33.5 Å². The highest BCUT2D eigenvalue weighted by Gasteiger charge is 2.14. The molecule has 2 rings (SSSR count). The van der Waals surface area contributed by atoms with E-state index >= 15 is 0 Å². The van der Waals surface area contributed by atoms with E-state index in [1.165, 1.54) is 20.3 Å². The third-order valence-corrected chi connectivity index (χ3v) is 4.16. The lowest BCUT2D eigenvalue weighted by Gasteiger charge is -2.12. The molecule has 2 aromatic rings. The molecule has 8 nitrogen and oxygen atoms in total. The van der Waals surface area contributed by atoms with Gasteiger partial charge in [0, 0.05) is 19.3 Å². The summed E-state index contributed by atoms with van der Waals surface area (Å²) in [6, 6.07) is 8.09. The van der Waals surface area contributed by atoms with Crippen molar-refractivity contribution in [3.63, 3.8) is 0 Å². The van der Waals surface area contributed by atoms with Gasteiger partial charge >= 0.3 is 0 Å². The predicted molar refractivity (Wildman–Crippen MR) is 115 cm³/mol. The largest absolute Gasteiger partial charge is 0.502 e. The first-order valence-electron chi connectivity index (χ1n) is 9.76. The van der Waals surface area contributed by atoms with Gasteiger partial charge in [-0.25, -0.2) is 0 Å². The number of phenols is 1. The minimum atomic E-state index is -0.283. The summed E-state index contributed by atoms with van der Waals surface area (Å²) >= 11 is 0. The summed E-state index contributed by atoms with van der Waals surface area (Å²) in [7, 11) is 2.87. The zero-order valence-corrected chi connectivity index (χ0v) is 18.2. The topological polar surface area (TPSA) is 92.7 Å². The van der Waals surface area contributed by atoms with Crippen LogP contribution in [0.4, 0.5) is 0 Å². The zero-order chi connectivity index (χ0) is 22.6. The highest BCUT2D eigenvalue weighted by molar-refractivity contribution is 6.08. The van der Waals surface area contributed by atoms with Crippen molar-refractivity contribution in [2.75, 3.05) is 41.0 Å². The normalized spacial score (nSPS) is 10.8. The van der Waals surface area contributed by atoms with Gasteiger partial charge in [0.05, 0.1) is 19.8 Å². The average molecular weight is 432 g/mol. The molecule has 0 aliphatic rings. The number of ketones is 1. The van der Waals surface area contributed by atoms with Crippen LogP contribution in [-0.4, -0.2) is 51.9 Å². The number of rotatable bonds is 13. The third kappa shape index (κ3) is 6.91. The Morgan fingerprint density at radius 1 is 0.903 bits per heavy atom. The fourth-order valence-corrected chi connectivity index (χ4v) is 2.57. The van der Waals surface area contributed by atoms with Crippen LogP contribution >= 0.6 is 0 Å². The second kappa shape index (κ2) is 12.5. The minimum Gasteiger partial charge on any atom is -0.502 e. The van der Waals surface area contributed by atoms with E-state index in [0.29, 0.717) is 35.8 Å². The Kier molecular flexibility index (Phi) is 9.67. The first-order valence-corrected chi connectivity index (χ1v) is 9.76. The molecular weight excluding hydrogens is 404 g/mol. The van der Waals surface area contributed by atoms with Crippen LogP contribution in [0, 0.1) is 0 Å². The number of aromatic hydroxyl groups is 1. The summed E-state index contributed by atoms with van der Waals surface area (Å²) in [6.07, 6.45) is 2.99. The molecule has 0 bridgehead atoms. The van der Waals surface area contributed by atoms with E-state index in [9.17, 15) is 9.90 Å². The number of methoxy groups -OCH3 is 2. The lowest BCUT2D eigenvalue weighted by atomic mass is 10.1. The summed E-state index contributed by atoms with van der Waals surface area (Å²) in [5, 5.41) is 10.0. The molecular formula is C23H28O8. The SMILES string of the molecule is CCOCOc1ccc(C(=O)C=Cc2cc(OC)c(O)c(OC)c2)c(OCOCC)c1. The number of hydrogen-bond donors (Lipinski definition) is 1. The summed E-state index contributed by atoms with van der Waals surface area (Å²) in [5.41, 5.74) is 0.964. The summed E-state index contributed by atoms with van der Waals surface area (Å²) < 4.78 is 31.8. The smallest absolute Gasteiger partial charge is 0.200 e. The first-order chi connectivity index (χ1) is 15.0. The highest BCUT2D eigenvalue weighted by Crippen LogP contribution is 2.37. The molecule has 2 aromatic carbocycles. The molecule has 0 radical (unpaired) electrons. The van der Waals surface area contributed by atoms with Gasteiger partial charge in [-0.05, 0) is 49.8 Å². The van der Waals surface area contributed by atoms with E-state index in [4.69, 9.17) is 28.4 Å². The van der Waals surface area contributed by atoms with Crippen LogP contribution < -0.4 is 18.9 Å². The number of ether oxygens (including phenoxy) is 6. The second-order valence-electron chi connectivity index (χ2n) is 6.14. The number of carbonyl (C=O) groups excluding carboxylic acids is 1. The van der Waals surface area contributed by atoms with Crippen LogP contribution in [0.15, 0.2) is 36.4 Å². The number of benzene rings is 2. The maximum Gasteiger partial charge on any atom is 0.200 e. The molecule has 0 aliphatic carbocycles. The molecule has 0 saturated carbocycles. The molecule has 8 heteroatoms. The molecule has 0 saturated heterocycles. The van der Waals surface area contributed by atoms with E-state index in [1.54, 1.807) is 36.4 Å². The Bertz CT molecular complexity index is 866. The van der Waals surface area contributed by atoms with Crippen LogP contribution in [0.1, 0.15) is 29.8 Å². The zero-order valence-electron chi connectivity index (χ0n) is 18.2. The number of allylic oxidation sites excluding steroid dienone is 1. The maximum absolute atomic E-state index is 12.8. The van der Waals surface area contributed by atoms with Gasteiger partial charge in [-0.3, -0.25) is 4.79 Å². The number of carbonyl (C=O) groups is 1. The summed E-state index contributed by atoms with van der Waals surface area (Å²) in [5.74, 6) is 0.925. The van der Waals surface area contributed by atoms with Gasteiger partial charge in [-0.1, -0.05) is 6.08 Å². The van der Waals surface area contributed by atoms with Crippen molar-refractivity contribution in [3.05, 3.63) is 47.5 Å². The van der Waals surface area contributed by atoms with Crippen molar-refractivity contribution in [1.82, 2.24) is 0 Å². The molecule has 0 unspecified atom stereocenters. The van der Waals surface area contributed by atoms with Crippen molar-refractivity contribution in [2.45, 2.75) is 13.8 Å². The molecule has 31 heavy (non-hydrogen) atoms. The van der Waals surface area contributed by atoms with Crippen LogP contribution in [0.3, 0.4) is 0 Å². The van der Waals surface area contributed by atoms with Crippen molar-refractivity contribution < 1.29 is 38.3 Å². The second-order valence-corrected chi connectivity index (χ2v) is 6.14. The fourth-order valence-electron chi connectivity index (χ4n) is 2.57. The van der Waals surface area contributed by atoms with Crippen molar-refractivity contribution >= 4 is 11.9 Å². The molecule has 1 N–H and O–H groups in total. The summed E-state index contributed by atoms with van der Waals surface area (Å²) in [6.45, 7) is 4.82. The van der Waals surface area contributed by atoms with Crippen molar-refractivity contribution in [1.29, 1.82) is 0 Å². The average Bonchev–Trinajstić information content (AvgIpc) is 2.78.